The number of rotatable bonds is 2. The van der Waals surface area contributed by atoms with Crippen LogP contribution in [0.4, 0.5) is 21.1 Å². The molecule has 11 heteroatoms. The number of fused-ring (bicyclic) bond motifs is 1. The molecule has 1 aromatic carbocycles. The largest absolute Gasteiger partial charge is 0.384 e. The number of anilines is 2. The standard InChI is InChI=1S/C21H26ClN7O3/c22-14-4-5-16-17(11-14)25-19(23)12-18(16)27-7-9-28(10-8-27)20(30)24-15-3-1-2-6-29(13-15)21(31)26-32/h4-5,11-12,15H,1-3,6-10,13H2,(H2,23,25)(H,24,30)/t15-/m0/s1. The fraction of sp³-hybridized carbons (Fsp3) is 0.476. The van der Waals surface area contributed by atoms with E-state index in [9.17, 15) is 14.5 Å². The van der Waals surface area contributed by atoms with Crippen LogP contribution in [0.5, 0.6) is 0 Å². The molecule has 0 spiro atoms. The third-order valence-corrected chi connectivity index (χ3v) is 6.26. The van der Waals surface area contributed by atoms with Gasteiger partial charge in [0.1, 0.15) is 5.82 Å². The summed E-state index contributed by atoms with van der Waals surface area (Å²) >= 11 is 6.10. The van der Waals surface area contributed by atoms with Crippen molar-refractivity contribution in [1.82, 2.24) is 20.1 Å². The Morgan fingerprint density at radius 1 is 1.09 bits per heavy atom. The number of carbonyl (C=O) groups is 2. The molecule has 0 aliphatic carbocycles. The predicted octanol–water partition coefficient (Wildman–Crippen LogP) is 3.04. The van der Waals surface area contributed by atoms with Crippen molar-refractivity contribution in [1.29, 1.82) is 0 Å². The van der Waals surface area contributed by atoms with E-state index in [-0.39, 0.29) is 12.1 Å². The van der Waals surface area contributed by atoms with Crippen LogP contribution < -0.4 is 16.0 Å². The van der Waals surface area contributed by atoms with Gasteiger partial charge in [0.25, 0.3) is 0 Å². The third kappa shape index (κ3) is 4.85. The molecular formula is C21H26ClN7O3. The lowest BCUT2D eigenvalue weighted by atomic mass is 10.1. The first-order chi connectivity index (χ1) is 15.4. The summed E-state index contributed by atoms with van der Waals surface area (Å²) in [7, 11) is 0. The molecule has 0 saturated carbocycles. The summed E-state index contributed by atoms with van der Waals surface area (Å²) in [6.45, 7) is 3.20. The van der Waals surface area contributed by atoms with Crippen molar-refractivity contribution in [3.63, 3.8) is 0 Å². The number of nitrogen functional groups attached to an aromatic ring is 1. The van der Waals surface area contributed by atoms with Crippen LogP contribution >= 0.6 is 11.6 Å². The van der Waals surface area contributed by atoms with Crippen molar-refractivity contribution < 1.29 is 9.59 Å². The van der Waals surface area contributed by atoms with Gasteiger partial charge in [-0.2, -0.15) is 0 Å². The zero-order valence-corrected chi connectivity index (χ0v) is 18.4. The first-order valence-electron chi connectivity index (χ1n) is 10.7. The van der Waals surface area contributed by atoms with E-state index >= 15 is 0 Å². The summed E-state index contributed by atoms with van der Waals surface area (Å²) < 4.78 is 0. The van der Waals surface area contributed by atoms with Gasteiger partial charge in [-0.05, 0) is 37.5 Å². The number of nitrogens with one attached hydrogen (secondary N) is 1. The van der Waals surface area contributed by atoms with Crippen molar-refractivity contribution in [2.45, 2.75) is 25.3 Å². The van der Waals surface area contributed by atoms with E-state index in [4.69, 9.17) is 17.3 Å². The quantitative estimate of drug-likeness (QED) is 0.665. The molecule has 10 nitrogen and oxygen atoms in total. The summed E-state index contributed by atoms with van der Waals surface area (Å²) in [4.78, 5) is 44.8. The molecule has 32 heavy (non-hydrogen) atoms. The van der Waals surface area contributed by atoms with Gasteiger partial charge in [-0.1, -0.05) is 11.6 Å². The van der Waals surface area contributed by atoms with E-state index < -0.39 is 6.03 Å². The number of pyridine rings is 1. The lowest BCUT2D eigenvalue weighted by molar-refractivity contribution is 0.182. The SMILES string of the molecule is Nc1cc(N2CCN(C(=O)N[C@H]3CCCCN(C(=O)N=O)C3)CC2)c2ccc(Cl)cc2n1. The molecule has 0 bridgehead atoms. The number of aromatic nitrogens is 1. The molecule has 2 aliphatic rings. The highest BCUT2D eigenvalue weighted by Gasteiger charge is 2.27. The number of piperazine rings is 1. The van der Waals surface area contributed by atoms with Gasteiger partial charge in [0.15, 0.2) is 0 Å². The lowest BCUT2D eigenvalue weighted by Crippen LogP contribution is -2.55. The monoisotopic (exact) mass is 459 g/mol. The van der Waals surface area contributed by atoms with Crippen LogP contribution in [0, 0.1) is 4.91 Å². The first-order valence-corrected chi connectivity index (χ1v) is 11.1. The minimum absolute atomic E-state index is 0.158. The molecule has 1 atom stereocenters. The van der Waals surface area contributed by atoms with Gasteiger partial charge in [0, 0.05) is 72.6 Å². The minimum atomic E-state index is -0.773. The number of urea groups is 2. The highest BCUT2D eigenvalue weighted by Crippen LogP contribution is 2.30. The maximum Gasteiger partial charge on any atom is 0.381 e. The average molecular weight is 460 g/mol. The Labute approximate surface area is 190 Å². The second-order valence-corrected chi connectivity index (χ2v) is 8.60. The molecule has 4 amide bonds. The van der Waals surface area contributed by atoms with Crippen LogP contribution in [0.3, 0.4) is 0 Å². The van der Waals surface area contributed by atoms with E-state index in [0.717, 1.165) is 35.9 Å². The topological polar surface area (TPSA) is 124 Å². The van der Waals surface area contributed by atoms with Crippen LogP contribution in [0.2, 0.25) is 5.02 Å². The van der Waals surface area contributed by atoms with Gasteiger partial charge in [-0.25, -0.2) is 14.6 Å². The number of likely N-dealkylation sites (tertiary alicyclic amines) is 1. The summed E-state index contributed by atoms with van der Waals surface area (Å²) in [5.74, 6) is 0.423. The number of nitrogens with two attached hydrogens (primary N) is 1. The van der Waals surface area contributed by atoms with Crippen LogP contribution in [0.1, 0.15) is 19.3 Å². The molecule has 0 unspecified atom stereocenters. The Balaban J connectivity index is 1.38. The number of benzene rings is 1. The van der Waals surface area contributed by atoms with Gasteiger partial charge in [-0.15, -0.1) is 4.91 Å². The molecule has 2 aromatic rings. The van der Waals surface area contributed by atoms with Crippen molar-refractivity contribution in [2.24, 2.45) is 5.18 Å². The summed E-state index contributed by atoms with van der Waals surface area (Å²) in [5.41, 5.74) is 7.72. The Kier molecular flexibility index (Phi) is 6.59. The van der Waals surface area contributed by atoms with Crippen LogP contribution in [-0.4, -0.2) is 72.2 Å². The smallest absolute Gasteiger partial charge is 0.381 e. The van der Waals surface area contributed by atoms with Gasteiger partial charge < -0.3 is 25.8 Å². The summed E-state index contributed by atoms with van der Waals surface area (Å²) in [5, 5.41) is 7.11. The van der Waals surface area contributed by atoms with Gasteiger partial charge in [0.05, 0.1) is 5.52 Å². The van der Waals surface area contributed by atoms with Crippen molar-refractivity contribution in [3.8, 4) is 0 Å². The Morgan fingerprint density at radius 3 is 2.62 bits per heavy atom. The van der Waals surface area contributed by atoms with E-state index in [1.165, 1.54) is 4.90 Å². The molecule has 3 heterocycles. The van der Waals surface area contributed by atoms with Crippen LogP contribution in [0.15, 0.2) is 29.4 Å². The second kappa shape index (κ2) is 9.56. The Morgan fingerprint density at radius 2 is 1.88 bits per heavy atom. The minimum Gasteiger partial charge on any atom is -0.384 e. The molecule has 1 aromatic heterocycles. The number of carbonyl (C=O) groups excluding carboxylic acids is 2. The highest BCUT2D eigenvalue weighted by molar-refractivity contribution is 6.31. The van der Waals surface area contributed by atoms with E-state index in [1.54, 1.807) is 11.0 Å². The maximum absolute atomic E-state index is 12.8. The first kappa shape index (κ1) is 22.1. The lowest BCUT2D eigenvalue weighted by Gasteiger charge is -2.37. The number of nitrogens with zero attached hydrogens (tertiary/aromatic N) is 5. The van der Waals surface area contributed by atoms with Crippen molar-refractivity contribution >= 4 is 46.1 Å². The van der Waals surface area contributed by atoms with Gasteiger partial charge >= 0.3 is 12.1 Å². The highest BCUT2D eigenvalue weighted by atomic mass is 35.5. The predicted molar refractivity (Wildman–Crippen MR) is 124 cm³/mol. The zero-order valence-electron chi connectivity index (χ0n) is 17.7. The molecule has 2 saturated heterocycles. The normalized spacial score (nSPS) is 19.5. The Bertz CT molecular complexity index is 1020. The number of nitroso groups, excluding NO2 is 1. The van der Waals surface area contributed by atoms with Gasteiger partial charge in [-0.3, -0.25) is 0 Å². The van der Waals surface area contributed by atoms with E-state index in [0.29, 0.717) is 50.1 Å². The fourth-order valence-corrected chi connectivity index (χ4v) is 4.54. The van der Waals surface area contributed by atoms with E-state index in [2.05, 4.69) is 20.4 Å². The van der Waals surface area contributed by atoms with Crippen molar-refractivity contribution in [3.05, 3.63) is 34.2 Å². The summed E-state index contributed by atoms with van der Waals surface area (Å²) in [6.07, 6.45) is 2.43. The molecule has 3 N–H and O–H groups in total. The number of hydrogen-bond donors (Lipinski definition) is 2. The fourth-order valence-electron chi connectivity index (χ4n) is 4.37. The number of halogens is 1. The molecule has 0 radical (unpaired) electrons. The third-order valence-electron chi connectivity index (χ3n) is 6.03. The molecule has 2 fully saturated rings. The van der Waals surface area contributed by atoms with Crippen LogP contribution in [0.25, 0.3) is 10.9 Å². The van der Waals surface area contributed by atoms with E-state index in [1.807, 2.05) is 18.2 Å². The molecule has 170 valence electrons. The average Bonchev–Trinajstić information content (AvgIpc) is 3.03. The molecule has 2 aliphatic heterocycles. The second-order valence-electron chi connectivity index (χ2n) is 8.16. The molecular weight excluding hydrogens is 434 g/mol. The Hall–Kier alpha value is -3.14. The van der Waals surface area contributed by atoms with Crippen LogP contribution in [-0.2, 0) is 0 Å². The zero-order chi connectivity index (χ0) is 22.7. The number of amides is 4. The molecule has 4 rings (SSSR count). The van der Waals surface area contributed by atoms with Gasteiger partial charge in [0.2, 0.25) is 0 Å². The van der Waals surface area contributed by atoms with Crippen molar-refractivity contribution in [2.75, 3.05) is 49.9 Å². The summed E-state index contributed by atoms with van der Waals surface area (Å²) in [6, 6.07) is 6.29. The maximum atomic E-state index is 12.8. The number of hydrogen-bond acceptors (Lipinski definition) is 6.